The number of pyridine rings is 1. The van der Waals surface area contributed by atoms with Crippen LogP contribution in [0.25, 0.3) is 61.0 Å². The molecule has 10 aromatic rings. The molecule has 5 aliphatic rings. The van der Waals surface area contributed by atoms with Crippen LogP contribution in [0.3, 0.4) is 0 Å². The molecule has 354 valence electrons. The number of rotatable bonds is 1. The van der Waals surface area contributed by atoms with Gasteiger partial charge in [-0.15, -0.1) is 48.1 Å². The van der Waals surface area contributed by atoms with Gasteiger partial charge in [-0.25, -0.2) is 4.98 Å². The fourth-order valence-corrected chi connectivity index (χ4v) is 9.15. The molecule has 15 rings (SSSR count). The van der Waals surface area contributed by atoms with Crippen LogP contribution in [0.4, 0.5) is 22.7 Å². The predicted octanol–water partition coefficient (Wildman–Crippen LogP) is 17.3. The molecule has 2 aromatic heterocycles. The zero-order chi connectivity index (χ0) is 59.1. The second kappa shape index (κ2) is 17.5. The molecule has 8 aromatic carbocycles. The van der Waals surface area contributed by atoms with Crippen molar-refractivity contribution in [3.8, 4) is 62.2 Å². The SMILES string of the molecule is [2H]c1c([2H])c(-c2cc(C(C)(C)C)cc3c2N2[CH-]N(c4[c-]c(ccc4)Oc4[c-]c5c(cc4)c4c([2H])c([2H])c(C([2H])([2H])[2H])c([2H])c4n5-c4ccc(cn4)-c4ccc(c(C([2H])([2H])[2H])c4)Oc4ccc-3cc4)c3ccccc32)c([2H])c(C(C)(C)C)c1[2H].[Pt]. The third kappa shape index (κ3) is 8.28. The summed E-state index contributed by atoms with van der Waals surface area (Å²) < 4.78 is 131. The van der Waals surface area contributed by atoms with Crippen LogP contribution in [-0.4, -0.2) is 9.55 Å². The molecule has 0 amide bonds. The molecule has 12 bridgehead atoms. The smallest absolute Gasteiger partial charge is 0.135 e. The first-order valence-corrected chi connectivity index (χ1v) is 23.0. The largest absolute Gasteiger partial charge is 0.509 e. The Morgan fingerprint density at radius 2 is 1.37 bits per heavy atom. The fourth-order valence-electron chi connectivity index (χ4n) is 9.15. The van der Waals surface area contributed by atoms with Gasteiger partial charge in [0, 0.05) is 86.3 Å². The van der Waals surface area contributed by atoms with E-state index < -0.39 is 48.2 Å². The average molecular weight is 1120 g/mol. The zero-order valence-corrected chi connectivity index (χ0v) is 41.9. The minimum absolute atomic E-state index is 0. The summed E-state index contributed by atoms with van der Waals surface area (Å²) in [6.45, 7) is 8.29. The van der Waals surface area contributed by atoms with Crippen molar-refractivity contribution in [1.82, 2.24) is 9.55 Å². The van der Waals surface area contributed by atoms with Crippen molar-refractivity contribution in [1.29, 1.82) is 0 Å². The maximum absolute atomic E-state index is 9.93. The van der Waals surface area contributed by atoms with Gasteiger partial charge in [-0.2, -0.15) is 12.1 Å². The number of fused-ring (bicyclic) bond motifs is 6. The van der Waals surface area contributed by atoms with Gasteiger partial charge in [-0.1, -0.05) is 114 Å². The Labute approximate surface area is 449 Å². The van der Waals surface area contributed by atoms with Crippen molar-refractivity contribution in [3.05, 3.63) is 211 Å². The van der Waals surface area contributed by atoms with Crippen molar-refractivity contribution in [2.24, 2.45) is 0 Å². The van der Waals surface area contributed by atoms with Crippen molar-refractivity contribution >= 4 is 44.6 Å². The van der Waals surface area contributed by atoms with E-state index >= 15 is 0 Å². The second-order valence-electron chi connectivity index (χ2n) is 19.7. The Hall–Kier alpha value is -7.40. The molecule has 0 saturated heterocycles. The Morgan fingerprint density at radius 3 is 2.11 bits per heavy atom. The van der Waals surface area contributed by atoms with Crippen molar-refractivity contribution in [2.75, 3.05) is 9.80 Å². The van der Waals surface area contributed by atoms with E-state index in [-0.39, 0.29) is 95.8 Å². The van der Waals surface area contributed by atoms with Crippen LogP contribution < -0.4 is 19.3 Å². The molecule has 0 saturated carbocycles. The Bertz CT molecular complexity index is 4340. The topological polar surface area (TPSA) is 42.8 Å². The van der Waals surface area contributed by atoms with Gasteiger partial charge in [0.2, 0.25) is 0 Å². The minimum Gasteiger partial charge on any atom is -0.509 e. The predicted molar refractivity (Wildman–Crippen MR) is 287 cm³/mol. The molecule has 0 N–H and O–H groups in total. The van der Waals surface area contributed by atoms with E-state index in [9.17, 15) is 6.85 Å². The maximum Gasteiger partial charge on any atom is 0.135 e. The van der Waals surface area contributed by atoms with Crippen LogP contribution in [-0.2, 0) is 31.9 Å². The summed E-state index contributed by atoms with van der Waals surface area (Å²) in [7, 11) is 0. The molecule has 5 aliphatic heterocycles. The monoisotopic (exact) mass is 1120 g/mol. The normalized spacial score (nSPS) is 16.1. The molecular weight excluding hydrogens is 1050 g/mol. The second-order valence-corrected chi connectivity index (χ2v) is 19.7. The number of hydrogen-bond acceptors (Lipinski definition) is 5. The molecule has 0 aliphatic carbocycles. The third-order valence-corrected chi connectivity index (χ3v) is 12.8. The molecule has 0 unspecified atom stereocenters. The molecule has 7 heteroatoms. The first kappa shape index (κ1) is 33.2. The van der Waals surface area contributed by atoms with Crippen LogP contribution in [0.2, 0.25) is 0 Å². The number of anilines is 4. The molecule has 7 heterocycles. The quantitative estimate of drug-likeness (QED) is 0.153. The van der Waals surface area contributed by atoms with Gasteiger partial charge in [0.15, 0.2) is 0 Å². The van der Waals surface area contributed by atoms with E-state index in [1.807, 2.05) is 91.8 Å². The van der Waals surface area contributed by atoms with E-state index in [0.717, 1.165) is 22.5 Å². The number of para-hydroxylation sites is 2. The maximum atomic E-state index is 9.93. The van der Waals surface area contributed by atoms with Gasteiger partial charge < -0.3 is 23.8 Å². The molecule has 0 fully saturated rings. The van der Waals surface area contributed by atoms with Gasteiger partial charge in [-0.05, 0) is 136 Å². The summed E-state index contributed by atoms with van der Waals surface area (Å²) in [5, 5.41) is 0.535. The van der Waals surface area contributed by atoms with E-state index in [0.29, 0.717) is 50.3 Å². The molecule has 0 spiro atoms. The third-order valence-electron chi connectivity index (χ3n) is 12.8. The van der Waals surface area contributed by atoms with Crippen LogP contribution in [0.5, 0.6) is 23.0 Å². The minimum atomic E-state index is -2.91. The van der Waals surface area contributed by atoms with E-state index in [1.54, 1.807) is 54.6 Å². The van der Waals surface area contributed by atoms with E-state index in [2.05, 4.69) is 39.0 Å². The van der Waals surface area contributed by atoms with Crippen LogP contribution in [0, 0.1) is 32.5 Å². The van der Waals surface area contributed by atoms with Crippen LogP contribution in [0.15, 0.2) is 170 Å². The van der Waals surface area contributed by atoms with Crippen LogP contribution in [0.1, 0.15) is 81.6 Å². The molecular formula is C64H53N4O2Pt-3. The average Bonchev–Trinajstić information content (AvgIpc) is 2.94. The van der Waals surface area contributed by atoms with Gasteiger partial charge in [-0.3, -0.25) is 0 Å². The summed E-state index contributed by atoms with van der Waals surface area (Å²) in [6, 6.07) is 40.6. The number of aromatic nitrogens is 2. The van der Waals surface area contributed by atoms with Crippen molar-refractivity contribution in [2.45, 2.75) is 66.1 Å². The standard InChI is InChI=1S/C64H53N4O2.Pt/c1-40-19-27-52-53-28-26-51-37-59(53)68(58(52)31-40)61-30-23-45(38-65-61)43-22-29-60(41(2)32-43)70-49-24-20-42(21-25-49)54-34-47(64(6,7)8)35-55(44-13-11-14-46(33-44)63(3,4)5)62(54)67-39-66(56-17-9-10-18-57(56)67)48-15-12-16-50(36-48)69-51;/h9-35,38-39H,1-8H3;/q-3;/i1D3,2D3,11D,13D,14D,19D,27D,31D,33D;. The number of benzene rings is 8. The number of nitrogens with zero attached hydrogens (tertiary/aromatic N) is 4. The Balaban J connectivity index is 0.00000736. The molecule has 6 nitrogen and oxygen atoms in total. The summed E-state index contributed by atoms with van der Waals surface area (Å²) in [5.74, 6) is 1.12. The number of ether oxygens (including phenoxy) is 2. The van der Waals surface area contributed by atoms with Crippen molar-refractivity contribution in [3.63, 3.8) is 0 Å². The van der Waals surface area contributed by atoms with Gasteiger partial charge in [0.25, 0.3) is 0 Å². The van der Waals surface area contributed by atoms with Gasteiger partial charge in [0.1, 0.15) is 17.3 Å². The summed E-state index contributed by atoms with van der Waals surface area (Å²) >= 11 is 0. The Kier molecular flexibility index (Phi) is 8.18. The number of hydrogen-bond donors (Lipinski definition) is 0. The van der Waals surface area contributed by atoms with E-state index in [4.69, 9.17) is 25.4 Å². The summed E-state index contributed by atoms with van der Waals surface area (Å²) in [4.78, 5) is 8.75. The van der Waals surface area contributed by atoms with Crippen molar-refractivity contribution < 1.29 is 48.4 Å². The molecule has 71 heavy (non-hydrogen) atoms. The first-order chi connectivity index (χ1) is 39.1. The van der Waals surface area contributed by atoms with Gasteiger partial charge in [0.05, 0.1) is 9.60 Å². The fraction of sp³-hybridized carbons (Fsp3) is 0.156. The Morgan fingerprint density at radius 1 is 0.620 bits per heavy atom. The van der Waals surface area contributed by atoms with Crippen LogP contribution >= 0.6 is 0 Å². The summed E-state index contributed by atoms with van der Waals surface area (Å²) in [6.07, 6.45) is 1.53. The van der Waals surface area contributed by atoms with Gasteiger partial charge >= 0.3 is 0 Å². The molecule has 0 atom stereocenters. The summed E-state index contributed by atoms with van der Waals surface area (Å²) in [5.41, 5.74) is 5.34. The zero-order valence-electron chi connectivity index (χ0n) is 52.6. The van der Waals surface area contributed by atoms with E-state index in [1.165, 1.54) is 16.8 Å². The first-order valence-electron chi connectivity index (χ1n) is 29.5. The molecule has 0 radical (unpaired) electrons. The number of aryl methyl sites for hydroxylation is 1.